The van der Waals surface area contributed by atoms with Gasteiger partial charge in [-0.1, -0.05) is 22.0 Å². The molecule has 8 heteroatoms. The van der Waals surface area contributed by atoms with Crippen LogP contribution in [0.1, 0.15) is 23.7 Å². The number of carbonyl (C=O) groups is 2. The molecule has 0 aliphatic rings. The first-order valence-corrected chi connectivity index (χ1v) is 9.60. The normalized spacial score (nSPS) is 10.6. The lowest BCUT2D eigenvalue weighted by atomic mass is 10.2. The van der Waals surface area contributed by atoms with Crippen LogP contribution in [0.3, 0.4) is 0 Å². The van der Waals surface area contributed by atoms with Crippen molar-refractivity contribution in [1.82, 2.24) is 14.9 Å². The molecule has 3 rings (SSSR count). The Hall–Kier alpha value is -3.00. The number of rotatable bonds is 6. The SMILES string of the molecule is CCNC(=O)c1cccc(NC(=O)CCn2cnc3ccc(Br)cc3c2=O)c1. The Morgan fingerprint density at radius 2 is 2.00 bits per heavy atom. The minimum atomic E-state index is -0.255. The summed E-state index contributed by atoms with van der Waals surface area (Å²) in [7, 11) is 0. The van der Waals surface area contributed by atoms with Gasteiger partial charge in [-0.2, -0.15) is 0 Å². The van der Waals surface area contributed by atoms with Crippen LogP contribution in [0.4, 0.5) is 5.69 Å². The number of anilines is 1. The number of nitrogens with zero attached hydrogens (tertiary/aromatic N) is 2. The maximum absolute atomic E-state index is 12.6. The Bertz CT molecular complexity index is 1090. The molecule has 3 aromatic rings. The van der Waals surface area contributed by atoms with E-state index in [-0.39, 0.29) is 30.3 Å². The van der Waals surface area contributed by atoms with Crippen molar-refractivity contribution in [2.75, 3.05) is 11.9 Å². The highest BCUT2D eigenvalue weighted by molar-refractivity contribution is 9.10. The fraction of sp³-hybridized carbons (Fsp3) is 0.200. The van der Waals surface area contributed by atoms with E-state index in [1.807, 2.05) is 13.0 Å². The van der Waals surface area contributed by atoms with E-state index in [0.717, 1.165) is 4.47 Å². The standard InChI is InChI=1S/C20H19BrN4O3/c1-2-22-19(27)13-4-3-5-15(10-13)24-18(26)8-9-25-12-23-17-7-6-14(21)11-16(17)20(25)28/h3-7,10-12H,2,8-9H2,1H3,(H,22,27)(H,24,26). The van der Waals surface area contributed by atoms with Gasteiger partial charge in [0.25, 0.3) is 11.5 Å². The molecule has 2 aromatic carbocycles. The quantitative estimate of drug-likeness (QED) is 0.613. The Balaban J connectivity index is 1.67. The highest BCUT2D eigenvalue weighted by Gasteiger charge is 2.09. The van der Waals surface area contributed by atoms with Gasteiger partial charge < -0.3 is 10.6 Å². The number of benzene rings is 2. The smallest absolute Gasteiger partial charge is 0.261 e. The largest absolute Gasteiger partial charge is 0.352 e. The van der Waals surface area contributed by atoms with Crippen LogP contribution in [0.2, 0.25) is 0 Å². The number of nitrogens with one attached hydrogen (secondary N) is 2. The molecule has 0 fully saturated rings. The number of fused-ring (bicyclic) bond motifs is 1. The molecule has 0 bridgehead atoms. The minimum Gasteiger partial charge on any atom is -0.352 e. The van der Waals surface area contributed by atoms with Crippen molar-refractivity contribution < 1.29 is 9.59 Å². The molecule has 1 heterocycles. The highest BCUT2D eigenvalue weighted by atomic mass is 79.9. The summed E-state index contributed by atoms with van der Waals surface area (Å²) in [5.74, 6) is -0.451. The molecule has 0 radical (unpaired) electrons. The van der Waals surface area contributed by atoms with Crippen molar-refractivity contribution in [3.8, 4) is 0 Å². The molecule has 0 saturated carbocycles. The number of hydrogen-bond acceptors (Lipinski definition) is 4. The number of hydrogen-bond donors (Lipinski definition) is 2. The predicted octanol–water partition coefficient (Wildman–Crippen LogP) is 2.94. The summed E-state index contributed by atoms with van der Waals surface area (Å²) in [5, 5.41) is 5.96. The van der Waals surface area contributed by atoms with E-state index in [1.54, 1.807) is 36.4 Å². The summed E-state index contributed by atoms with van der Waals surface area (Å²) in [5.41, 5.74) is 1.41. The number of aryl methyl sites for hydroxylation is 1. The van der Waals surface area contributed by atoms with E-state index in [0.29, 0.717) is 28.7 Å². The summed E-state index contributed by atoms with van der Waals surface area (Å²) in [6.45, 7) is 2.57. The lowest BCUT2D eigenvalue weighted by Gasteiger charge is -2.09. The second-order valence-electron chi connectivity index (χ2n) is 6.14. The molecule has 2 N–H and O–H groups in total. The molecular weight excluding hydrogens is 424 g/mol. The molecule has 7 nitrogen and oxygen atoms in total. The Kier molecular flexibility index (Phi) is 6.20. The second-order valence-corrected chi connectivity index (χ2v) is 7.06. The third-order valence-electron chi connectivity index (χ3n) is 4.11. The molecule has 2 amide bonds. The number of carbonyl (C=O) groups excluding carboxylic acids is 2. The maximum atomic E-state index is 12.6. The average Bonchev–Trinajstić information content (AvgIpc) is 2.68. The van der Waals surface area contributed by atoms with Crippen LogP contribution in [0.15, 0.2) is 58.1 Å². The van der Waals surface area contributed by atoms with Crippen molar-refractivity contribution in [2.45, 2.75) is 19.9 Å². The van der Waals surface area contributed by atoms with E-state index >= 15 is 0 Å². The molecule has 0 saturated heterocycles. The van der Waals surface area contributed by atoms with E-state index < -0.39 is 0 Å². The van der Waals surface area contributed by atoms with Gasteiger partial charge in [-0.05, 0) is 43.3 Å². The van der Waals surface area contributed by atoms with Gasteiger partial charge in [0.2, 0.25) is 5.91 Å². The van der Waals surface area contributed by atoms with E-state index in [9.17, 15) is 14.4 Å². The summed E-state index contributed by atoms with van der Waals surface area (Å²) < 4.78 is 2.21. The Morgan fingerprint density at radius 3 is 2.79 bits per heavy atom. The van der Waals surface area contributed by atoms with Crippen molar-refractivity contribution in [2.24, 2.45) is 0 Å². The van der Waals surface area contributed by atoms with Crippen molar-refractivity contribution in [3.05, 3.63) is 69.2 Å². The van der Waals surface area contributed by atoms with Crippen LogP contribution in [-0.4, -0.2) is 27.9 Å². The van der Waals surface area contributed by atoms with E-state index in [2.05, 4.69) is 31.5 Å². The number of aromatic nitrogens is 2. The van der Waals surface area contributed by atoms with Gasteiger partial charge in [0.15, 0.2) is 0 Å². The van der Waals surface area contributed by atoms with Gasteiger partial charge in [0, 0.05) is 35.2 Å². The topological polar surface area (TPSA) is 93.1 Å². The first-order chi connectivity index (χ1) is 13.5. The summed E-state index contributed by atoms with van der Waals surface area (Å²) in [4.78, 5) is 41.0. The molecule has 144 valence electrons. The van der Waals surface area contributed by atoms with E-state index in [4.69, 9.17) is 0 Å². The van der Waals surface area contributed by atoms with Crippen LogP contribution >= 0.6 is 15.9 Å². The first-order valence-electron chi connectivity index (χ1n) is 8.80. The summed E-state index contributed by atoms with van der Waals surface area (Å²) in [6.07, 6.45) is 1.55. The predicted molar refractivity (Wildman–Crippen MR) is 111 cm³/mol. The lowest BCUT2D eigenvalue weighted by Crippen LogP contribution is -2.24. The van der Waals surface area contributed by atoms with Crippen LogP contribution in [0.5, 0.6) is 0 Å². The van der Waals surface area contributed by atoms with Gasteiger partial charge in [0.05, 0.1) is 17.2 Å². The molecule has 0 atom stereocenters. The van der Waals surface area contributed by atoms with Gasteiger partial charge >= 0.3 is 0 Å². The highest BCUT2D eigenvalue weighted by Crippen LogP contribution is 2.15. The van der Waals surface area contributed by atoms with Crippen LogP contribution in [0.25, 0.3) is 10.9 Å². The fourth-order valence-electron chi connectivity index (χ4n) is 2.74. The molecule has 28 heavy (non-hydrogen) atoms. The zero-order chi connectivity index (χ0) is 20.1. The molecule has 0 aliphatic heterocycles. The van der Waals surface area contributed by atoms with Crippen LogP contribution in [0, 0.1) is 0 Å². The molecule has 0 aliphatic carbocycles. The monoisotopic (exact) mass is 442 g/mol. The zero-order valence-corrected chi connectivity index (χ0v) is 16.8. The molecule has 0 spiro atoms. The van der Waals surface area contributed by atoms with E-state index in [1.165, 1.54) is 10.9 Å². The Labute approximate surface area is 169 Å². The van der Waals surface area contributed by atoms with Crippen molar-refractivity contribution in [1.29, 1.82) is 0 Å². The third kappa shape index (κ3) is 4.64. The van der Waals surface area contributed by atoms with Crippen LogP contribution in [-0.2, 0) is 11.3 Å². The summed E-state index contributed by atoms with van der Waals surface area (Å²) in [6, 6.07) is 12.0. The first kappa shape index (κ1) is 19.8. The molecular formula is C20H19BrN4O3. The number of amides is 2. The zero-order valence-electron chi connectivity index (χ0n) is 15.2. The third-order valence-corrected chi connectivity index (χ3v) is 4.60. The fourth-order valence-corrected chi connectivity index (χ4v) is 3.10. The maximum Gasteiger partial charge on any atom is 0.261 e. The minimum absolute atomic E-state index is 0.104. The Morgan fingerprint density at radius 1 is 1.18 bits per heavy atom. The van der Waals surface area contributed by atoms with Gasteiger partial charge in [0.1, 0.15) is 0 Å². The van der Waals surface area contributed by atoms with Crippen molar-refractivity contribution >= 4 is 44.3 Å². The molecule has 1 aromatic heterocycles. The average molecular weight is 443 g/mol. The van der Waals surface area contributed by atoms with Gasteiger partial charge in [-0.25, -0.2) is 4.98 Å². The van der Waals surface area contributed by atoms with Gasteiger partial charge in [-0.3, -0.25) is 19.0 Å². The number of halogens is 1. The van der Waals surface area contributed by atoms with Gasteiger partial charge in [-0.15, -0.1) is 0 Å². The summed E-state index contributed by atoms with van der Waals surface area (Å²) >= 11 is 3.35. The second kappa shape index (κ2) is 8.79. The molecule has 0 unspecified atom stereocenters. The van der Waals surface area contributed by atoms with Crippen molar-refractivity contribution in [3.63, 3.8) is 0 Å². The lowest BCUT2D eigenvalue weighted by molar-refractivity contribution is -0.116. The van der Waals surface area contributed by atoms with Crippen LogP contribution < -0.4 is 16.2 Å².